The number of hydrazine groups is 1. The molecule has 1 aromatic heterocycles. The van der Waals surface area contributed by atoms with Crippen molar-refractivity contribution >= 4 is 34.7 Å². The Balaban J connectivity index is 1.27. The van der Waals surface area contributed by atoms with Gasteiger partial charge in [0, 0.05) is 55.7 Å². The Bertz CT molecular complexity index is 1100. The van der Waals surface area contributed by atoms with Crippen LogP contribution in [0.25, 0.3) is 0 Å². The monoisotopic (exact) mass is 497 g/mol. The second kappa shape index (κ2) is 9.26. The maximum atomic E-state index is 13.0. The third kappa shape index (κ3) is 4.78. The van der Waals surface area contributed by atoms with Crippen molar-refractivity contribution in [1.29, 1.82) is 0 Å². The molecule has 2 aromatic rings. The van der Waals surface area contributed by atoms with Crippen molar-refractivity contribution in [2.45, 2.75) is 46.5 Å². The quantitative estimate of drug-likeness (QED) is 0.615. The highest BCUT2D eigenvalue weighted by Crippen LogP contribution is 2.68. The van der Waals surface area contributed by atoms with Crippen LogP contribution in [0.4, 0.5) is 5.69 Å². The maximum absolute atomic E-state index is 13.0. The molecule has 0 atom stereocenters. The highest BCUT2D eigenvalue weighted by atomic mass is 32.1. The Hall–Kier alpha value is -2.94. The molecule has 2 heterocycles. The molecule has 0 unspecified atom stereocenters. The molecule has 2 fully saturated rings. The fourth-order valence-corrected chi connectivity index (χ4v) is 6.05. The van der Waals surface area contributed by atoms with Gasteiger partial charge in [0.2, 0.25) is 5.91 Å². The smallest absolute Gasteiger partial charge is 0.289 e. The van der Waals surface area contributed by atoms with Gasteiger partial charge >= 0.3 is 0 Å². The minimum absolute atomic E-state index is 0.0452. The predicted octanol–water partition coefficient (Wildman–Crippen LogP) is 3.67. The topological polar surface area (TPSA) is 94.6 Å². The Kier molecular flexibility index (Phi) is 6.66. The van der Waals surface area contributed by atoms with Crippen molar-refractivity contribution in [2.75, 3.05) is 32.1 Å². The molecule has 0 bridgehead atoms. The van der Waals surface area contributed by atoms with E-state index in [4.69, 9.17) is 0 Å². The summed E-state index contributed by atoms with van der Waals surface area (Å²) < 4.78 is 0. The Morgan fingerprint density at radius 2 is 1.54 bits per heavy atom. The first-order chi connectivity index (χ1) is 16.4. The number of benzene rings is 1. The fourth-order valence-electron chi connectivity index (χ4n) is 5.08. The summed E-state index contributed by atoms with van der Waals surface area (Å²) in [6.45, 7) is 10.1. The summed E-state index contributed by atoms with van der Waals surface area (Å²) >= 11 is 1.45. The number of piperidine rings is 1. The van der Waals surface area contributed by atoms with Gasteiger partial charge in [-0.05, 0) is 47.9 Å². The number of anilines is 1. The van der Waals surface area contributed by atoms with E-state index in [2.05, 4.69) is 43.5 Å². The van der Waals surface area contributed by atoms with Crippen LogP contribution in [0, 0.1) is 16.7 Å². The number of rotatable bonds is 5. The highest BCUT2D eigenvalue weighted by Gasteiger charge is 2.68. The number of amides is 3. The van der Waals surface area contributed by atoms with Gasteiger partial charge in [-0.25, -0.2) is 4.98 Å². The zero-order chi connectivity index (χ0) is 25.5. The Morgan fingerprint density at radius 3 is 2.09 bits per heavy atom. The van der Waals surface area contributed by atoms with Crippen LogP contribution in [-0.2, 0) is 4.79 Å². The molecule has 1 aromatic carbocycles. The zero-order valence-electron chi connectivity index (χ0n) is 21.3. The van der Waals surface area contributed by atoms with Crippen molar-refractivity contribution in [3.05, 3.63) is 45.9 Å². The van der Waals surface area contributed by atoms with Crippen LogP contribution in [0.3, 0.4) is 0 Å². The SMILES string of the molecule is CN(C)c1ccc(C(=O)NNC(=O)c2csc(C3CCN(C(=O)C4C(C)(C)C4(C)C)CC3)n2)cc1. The van der Waals surface area contributed by atoms with Gasteiger partial charge in [0.05, 0.1) is 5.01 Å². The lowest BCUT2D eigenvalue weighted by molar-refractivity contribution is -0.134. The number of thiazole rings is 1. The lowest BCUT2D eigenvalue weighted by Gasteiger charge is -2.31. The number of nitrogens with one attached hydrogen (secondary N) is 2. The van der Waals surface area contributed by atoms with Crippen molar-refractivity contribution in [2.24, 2.45) is 16.7 Å². The van der Waals surface area contributed by atoms with E-state index in [1.165, 1.54) is 11.3 Å². The summed E-state index contributed by atoms with van der Waals surface area (Å²) in [5, 5.41) is 2.62. The fraction of sp³-hybridized carbons (Fsp3) is 0.538. The molecule has 4 rings (SSSR count). The largest absolute Gasteiger partial charge is 0.378 e. The molecule has 188 valence electrons. The molecule has 1 saturated carbocycles. The van der Waals surface area contributed by atoms with Crippen LogP contribution < -0.4 is 15.8 Å². The van der Waals surface area contributed by atoms with Crippen molar-refractivity contribution in [3.8, 4) is 0 Å². The van der Waals surface area contributed by atoms with Crippen LogP contribution in [0.2, 0.25) is 0 Å². The molecule has 2 aliphatic rings. The van der Waals surface area contributed by atoms with Crippen molar-refractivity contribution < 1.29 is 14.4 Å². The molecular weight excluding hydrogens is 462 g/mol. The van der Waals surface area contributed by atoms with Crippen molar-refractivity contribution in [3.63, 3.8) is 0 Å². The molecule has 1 aliphatic heterocycles. The number of hydrogen-bond acceptors (Lipinski definition) is 6. The average molecular weight is 498 g/mol. The van der Waals surface area contributed by atoms with Crippen LogP contribution in [-0.4, -0.2) is 54.8 Å². The molecule has 0 spiro atoms. The summed E-state index contributed by atoms with van der Waals surface area (Å²) in [6, 6.07) is 7.10. The molecule has 0 radical (unpaired) electrons. The van der Waals surface area contributed by atoms with Crippen LogP contribution >= 0.6 is 11.3 Å². The van der Waals surface area contributed by atoms with Gasteiger partial charge in [-0.2, -0.15) is 0 Å². The van der Waals surface area contributed by atoms with Gasteiger partial charge in [-0.15, -0.1) is 11.3 Å². The standard InChI is InChI=1S/C26H35N5O3S/c1-25(2)20(26(25,3)4)24(34)31-13-11-17(12-14-31)23-27-19(15-35-23)22(33)29-28-21(32)16-7-9-18(10-8-16)30(5)6/h7-10,15,17,20H,11-14H2,1-6H3,(H,28,32)(H,29,33). The first-order valence-electron chi connectivity index (χ1n) is 12.1. The molecule has 2 N–H and O–H groups in total. The molecule has 1 aliphatic carbocycles. The minimum atomic E-state index is -0.448. The number of aromatic nitrogens is 1. The van der Waals surface area contributed by atoms with E-state index < -0.39 is 11.8 Å². The Morgan fingerprint density at radius 1 is 0.971 bits per heavy atom. The zero-order valence-corrected chi connectivity index (χ0v) is 22.2. The summed E-state index contributed by atoms with van der Waals surface area (Å²) in [5.41, 5.74) is 6.71. The average Bonchev–Trinajstić information content (AvgIpc) is 3.16. The van der Waals surface area contributed by atoms with E-state index in [1.54, 1.807) is 17.5 Å². The lowest BCUT2D eigenvalue weighted by atomic mass is 9.96. The van der Waals surface area contributed by atoms with Crippen LogP contribution in [0.5, 0.6) is 0 Å². The van der Waals surface area contributed by atoms with Gasteiger partial charge in [-0.3, -0.25) is 25.2 Å². The summed E-state index contributed by atoms with van der Waals surface area (Å²) in [5.74, 6) is -0.252. The first-order valence-corrected chi connectivity index (χ1v) is 12.9. The van der Waals surface area contributed by atoms with E-state index in [9.17, 15) is 14.4 Å². The molecule has 8 nitrogen and oxygen atoms in total. The predicted molar refractivity (Wildman–Crippen MR) is 137 cm³/mol. The number of carbonyl (C=O) groups excluding carboxylic acids is 3. The summed E-state index contributed by atoms with van der Waals surface area (Å²) in [6.07, 6.45) is 1.68. The van der Waals surface area contributed by atoms with Gasteiger partial charge in [-0.1, -0.05) is 27.7 Å². The number of hydrogen-bond donors (Lipinski definition) is 2. The van der Waals surface area contributed by atoms with Crippen LogP contribution in [0.1, 0.15) is 72.3 Å². The van der Waals surface area contributed by atoms with Crippen LogP contribution in [0.15, 0.2) is 29.6 Å². The number of nitrogens with zero attached hydrogens (tertiary/aromatic N) is 3. The summed E-state index contributed by atoms with van der Waals surface area (Å²) in [4.78, 5) is 46.4. The minimum Gasteiger partial charge on any atom is -0.378 e. The van der Waals surface area contributed by atoms with E-state index >= 15 is 0 Å². The normalized spacial score (nSPS) is 19.2. The second-order valence-electron chi connectivity index (χ2n) is 10.9. The molecular formula is C26H35N5O3S. The molecule has 35 heavy (non-hydrogen) atoms. The van der Waals surface area contributed by atoms with E-state index in [0.717, 1.165) is 36.6 Å². The van der Waals surface area contributed by atoms with Crippen molar-refractivity contribution in [1.82, 2.24) is 20.7 Å². The van der Waals surface area contributed by atoms with Gasteiger partial charge in [0.1, 0.15) is 5.69 Å². The van der Waals surface area contributed by atoms with E-state index in [0.29, 0.717) is 5.56 Å². The first kappa shape index (κ1) is 25.2. The number of likely N-dealkylation sites (tertiary alicyclic amines) is 1. The van der Waals surface area contributed by atoms with Gasteiger partial charge in [0.15, 0.2) is 0 Å². The molecule has 3 amide bonds. The third-order valence-electron chi connectivity index (χ3n) is 8.11. The van der Waals surface area contributed by atoms with Gasteiger partial charge < -0.3 is 9.80 Å². The maximum Gasteiger partial charge on any atom is 0.289 e. The summed E-state index contributed by atoms with van der Waals surface area (Å²) in [7, 11) is 3.85. The molecule has 1 saturated heterocycles. The Labute approximate surface area is 211 Å². The van der Waals surface area contributed by atoms with Gasteiger partial charge in [0.25, 0.3) is 11.8 Å². The lowest BCUT2D eigenvalue weighted by Crippen LogP contribution is -2.41. The van der Waals surface area contributed by atoms with E-state index in [1.807, 2.05) is 36.0 Å². The van der Waals surface area contributed by atoms with E-state index in [-0.39, 0.29) is 34.3 Å². The number of carbonyl (C=O) groups is 3. The second-order valence-corrected chi connectivity index (χ2v) is 11.8. The molecule has 9 heteroatoms. The highest BCUT2D eigenvalue weighted by molar-refractivity contribution is 7.09. The third-order valence-corrected chi connectivity index (χ3v) is 9.12.